The number of hydrogen-bond donors (Lipinski definition) is 0. The van der Waals surface area contributed by atoms with Crippen molar-refractivity contribution in [1.29, 1.82) is 0 Å². The van der Waals surface area contributed by atoms with Gasteiger partial charge in [0.15, 0.2) is 0 Å². The molecule has 0 N–H and O–H groups in total. The van der Waals surface area contributed by atoms with Gasteiger partial charge < -0.3 is 0 Å². The van der Waals surface area contributed by atoms with Crippen molar-refractivity contribution in [3.8, 4) is 0 Å². The van der Waals surface area contributed by atoms with Gasteiger partial charge in [-0.3, -0.25) is 0 Å². The third-order valence-corrected chi connectivity index (χ3v) is 4.36. The van der Waals surface area contributed by atoms with Crippen LogP contribution in [0.15, 0.2) is 12.1 Å². The molecule has 0 atom stereocenters. The molecule has 2 aromatic rings. The first kappa shape index (κ1) is 18.4. The summed E-state index contributed by atoms with van der Waals surface area (Å²) in [6.45, 7) is 17.4. The molecule has 0 heterocycles. The maximum Gasteiger partial charge on any atom is 2.00 e. The van der Waals surface area contributed by atoms with Gasteiger partial charge in [0.05, 0.1) is 0 Å². The predicted molar refractivity (Wildman–Crippen MR) is 82.0 cm³/mol. The molecule has 0 saturated heterocycles. The van der Waals surface area contributed by atoms with Gasteiger partial charge in [-0.2, -0.15) is 56.6 Å². The van der Waals surface area contributed by atoms with Crippen LogP contribution in [0.1, 0.15) is 44.5 Å². The molecule has 0 aliphatic carbocycles. The standard InChI is InChI=1S/2C9H13.Ti/c2*1-6-5-7(2)9(4)8(6)3;/h2*5H,1-4H3;/q2*-1;+2. The SMILES string of the molecule is Cc1c[c-](C)c(C)c1C.Cc1c[c-](C)c(C)c1C.[Ti+2]. The Labute approximate surface area is 133 Å². The van der Waals surface area contributed by atoms with E-state index in [9.17, 15) is 0 Å². The molecule has 0 saturated carbocycles. The molecule has 1 heteroatoms. The van der Waals surface area contributed by atoms with Crippen molar-refractivity contribution in [3.63, 3.8) is 0 Å². The van der Waals surface area contributed by atoms with E-state index in [1.54, 1.807) is 0 Å². The second kappa shape index (κ2) is 7.26. The second-order valence-corrected chi connectivity index (χ2v) is 5.52. The van der Waals surface area contributed by atoms with E-state index < -0.39 is 0 Å². The summed E-state index contributed by atoms with van der Waals surface area (Å²) in [5.74, 6) is 0. The molecular formula is C18H26Ti. The summed E-state index contributed by atoms with van der Waals surface area (Å²) in [7, 11) is 0. The van der Waals surface area contributed by atoms with Gasteiger partial charge in [0, 0.05) is 0 Å². The van der Waals surface area contributed by atoms with Crippen LogP contribution in [-0.2, 0) is 21.7 Å². The molecule has 102 valence electrons. The minimum Gasteiger partial charge on any atom is -0.199 e. The van der Waals surface area contributed by atoms with Gasteiger partial charge in [-0.25, -0.2) is 0 Å². The fourth-order valence-corrected chi connectivity index (χ4v) is 2.27. The number of aryl methyl sites for hydroxylation is 4. The molecular weight excluding hydrogens is 264 g/mol. The maximum atomic E-state index is 2.24. The third-order valence-electron chi connectivity index (χ3n) is 4.36. The summed E-state index contributed by atoms with van der Waals surface area (Å²) in [5, 5.41) is 0. The molecule has 2 aromatic carbocycles. The fourth-order valence-electron chi connectivity index (χ4n) is 2.27. The Morgan fingerprint density at radius 1 is 0.632 bits per heavy atom. The molecule has 0 aliphatic rings. The molecule has 19 heavy (non-hydrogen) atoms. The van der Waals surface area contributed by atoms with Crippen molar-refractivity contribution in [2.45, 2.75) is 55.4 Å². The zero-order valence-electron chi connectivity index (χ0n) is 13.7. The Kier molecular flexibility index (Phi) is 7.04. The van der Waals surface area contributed by atoms with Gasteiger partial charge >= 0.3 is 21.7 Å². The Morgan fingerprint density at radius 3 is 0.947 bits per heavy atom. The van der Waals surface area contributed by atoms with Gasteiger partial charge in [-0.05, 0) is 0 Å². The van der Waals surface area contributed by atoms with Gasteiger partial charge in [0.25, 0.3) is 0 Å². The summed E-state index contributed by atoms with van der Waals surface area (Å²) < 4.78 is 0. The van der Waals surface area contributed by atoms with Crippen LogP contribution in [-0.4, -0.2) is 0 Å². The van der Waals surface area contributed by atoms with Crippen LogP contribution in [0.25, 0.3) is 0 Å². The van der Waals surface area contributed by atoms with Crippen LogP contribution in [0, 0.1) is 55.4 Å². The monoisotopic (exact) mass is 290 g/mol. The van der Waals surface area contributed by atoms with Crippen LogP contribution in [0.4, 0.5) is 0 Å². The van der Waals surface area contributed by atoms with Crippen LogP contribution in [0.3, 0.4) is 0 Å². The Hall–Kier alpha value is -0.586. The zero-order valence-corrected chi connectivity index (χ0v) is 15.2. The van der Waals surface area contributed by atoms with Gasteiger partial charge in [-0.15, -0.1) is 0 Å². The first-order valence-electron chi connectivity index (χ1n) is 6.65. The van der Waals surface area contributed by atoms with Crippen molar-refractivity contribution < 1.29 is 21.7 Å². The smallest absolute Gasteiger partial charge is 0.199 e. The molecule has 0 amide bonds. The molecule has 0 bridgehead atoms. The largest absolute Gasteiger partial charge is 2.00 e. The molecule has 0 aliphatic heterocycles. The number of hydrogen-bond acceptors (Lipinski definition) is 0. The quantitative estimate of drug-likeness (QED) is 0.457. The van der Waals surface area contributed by atoms with Gasteiger partial charge in [-0.1, -0.05) is 55.4 Å². The van der Waals surface area contributed by atoms with Crippen LogP contribution >= 0.6 is 0 Å². The number of rotatable bonds is 0. The first-order valence-corrected chi connectivity index (χ1v) is 6.65. The average Bonchev–Trinajstić information content (AvgIpc) is 2.66. The van der Waals surface area contributed by atoms with E-state index >= 15 is 0 Å². The molecule has 0 fully saturated rings. The van der Waals surface area contributed by atoms with E-state index in [-0.39, 0.29) is 21.7 Å². The predicted octanol–water partition coefficient (Wildman–Crippen LogP) is 5.28. The first-order chi connectivity index (χ1) is 8.25. The van der Waals surface area contributed by atoms with Crippen LogP contribution in [0.5, 0.6) is 0 Å². The maximum absolute atomic E-state index is 2.24. The van der Waals surface area contributed by atoms with E-state index in [0.29, 0.717) is 0 Å². The zero-order chi connectivity index (χ0) is 14.0. The van der Waals surface area contributed by atoms with Gasteiger partial charge in [0.1, 0.15) is 0 Å². The van der Waals surface area contributed by atoms with E-state index in [0.717, 1.165) is 0 Å². The third kappa shape index (κ3) is 4.19. The normalized spacial score (nSPS) is 9.68. The molecule has 0 spiro atoms. The van der Waals surface area contributed by atoms with Crippen molar-refractivity contribution >= 4 is 0 Å². The summed E-state index contributed by atoms with van der Waals surface area (Å²) in [4.78, 5) is 0. The van der Waals surface area contributed by atoms with E-state index in [4.69, 9.17) is 0 Å². The van der Waals surface area contributed by atoms with Crippen molar-refractivity contribution in [3.05, 3.63) is 56.6 Å². The summed E-state index contributed by atoms with van der Waals surface area (Å²) >= 11 is 0. The van der Waals surface area contributed by atoms with Crippen LogP contribution < -0.4 is 0 Å². The minimum absolute atomic E-state index is 0. The fraction of sp³-hybridized carbons (Fsp3) is 0.444. The van der Waals surface area contributed by atoms with E-state index in [2.05, 4.69) is 67.5 Å². The van der Waals surface area contributed by atoms with Crippen molar-refractivity contribution in [2.24, 2.45) is 0 Å². The summed E-state index contributed by atoms with van der Waals surface area (Å²) in [6.07, 6.45) is 0. The van der Waals surface area contributed by atoms with Crippen molar-refractivity contribution in [1.82, 2.24) is 0 Å². The Balaban J connectivity index is 0.000000324. The van der Waals surface area contributed by atoms with Crippen molar-refractivity contribution in [2.75, 3.05) is 0 Å². The van der Waals surface area contributed by atoms with E-state index in [1.807, 2.05) is 0 Å². The van der Waals surface area contributed by atoms with Crippen LogP contribution in [0.2, 0.25) is 0 Å². The Morgan fingerprint density at radius 2 is 0.895 bits per heavy atom. The Bertz CT molecular complexity index is 443. The molecule has 0 aromatic heterocycles. The van der Waals surface area contributed by atoms with E-state index in [1.165, 1.54) is 44.5 Å². The molecule has 0 unspecified atom stereocenters. The topological polar surface area (TPSA) is 0 Å². The molecule has 2 rings (SSSR count). The summed E-state index contributed by atoms with van der Waals surface area (Å²) in [6, 6.07) is 4.48. The second-order valence-electron chi connectivity index (χ2n) is 5.52. The molecule has 0 nitrogen and oxygen atoms in total. The average molecular weight is 290 g/mol. The summed E-state index contributed by atoms with van der Waals surface area (Å²) in [5.41, 5.74) is 11.5. The molecule has 0 radical (unpaired) electrons. The van der Waals surface area contributed by atoms with Gasteiger partial charge in [0.2, 0.25) is 0 Å². The minimum atomic E-state index is 0.